The maximum absolute atomic E-state index is 12.6. The van der Waals surface area contributed by atoms with E-state index >= 15 is 0 Å². The molecule has 0 bridgehead atoms. The highest BCUT2D eigenvalue weighted by molar-refractivity contribution is 5.78. The highest BCUT2D eigenvalue weighted by Gasteiger charge is 2.18. The highest BCUT2D eigenvalue weighted by atomic mass is 16.6. The van der Waals surface area contributed by atoms with Crippen LogP contribution in [0, 0.1) is 10.1 Å². The summed E-state index contributed by atoms with van der Waals surface area (Å²) < 4.78 is 15.9. The van der Waals surface area contributed by atoms with Crippen molar-refractivity contribution in [2.24, 2.45) is 0 Å². The Morgan fingerprint density at radius 3 is 1.71 bits per heavy atom. The number of ether oxygens (including phenoxy) is 3. The van der Waals surface area contributed by atoms with Crippen LogP contribution in [-0.2, 0) is 4.79 Å². The number of nitrogens with zero attached hydrogens (tertiary/aromatic N) is 1. The summed E-state index contributed by atoms with van der Waals surface area (Å²) in [6.45, 7) is -0.235. The van der Waals surface area contributed by atoms with Gasteiger partial charge in [0.15, 0.2) is 6.61 Å². The molecule has 0 aliphatic heterocycles. The first-order chi connectivity index (χ1) is 15.0. The molecule has 31 heavy (non-hydrogen) atoms. The third-order valence-corrected chi connectivity index (χ3v) is 4.62. The second-order valence-electron chi connectivity index (χ2n) is 6.59. The first-order valence-corrected chi connectivity index (χ1v) is 9.44. The molecule has 1 amide bonds. The molecule has 0 atom stereocenters. The van der Waals surface area contributed by atoms with Crippen LogP contribution in [0.2, 0.25) is 0 Å². The monoisotopic (exact) mass is 422 g/mol. The summed E-state index contributed by atoms with van der Waals surface area (Å²) in [7, 11) is 3.18. The zero-order valence-corrected chi connectivity index (χ0v) is 17.1. The highest BCUT2D eigenvalue weighted by Crippen LogP contribution is 2.26. The van der Waals surface area contributed by atoms with Crippen molar-refractivity contribution in [1.29, 1.82) is 0 Å². The molecule has 3 aromatic carbocycles. The van der Waals surface area contributed by atoms with Gasteiger partial charge in [-0.1, -0.05) is 24.3 Å². The molecule has 160 valence electrons. The molecule has 8 heteroatoms. The van der Waals surface area contributed by atoms with Gasteiger partial charge >= 0.3 is 0 Å². The lowest BCUT2D eigenvalue weighted by molar-refractivity contribution is -0.384. The van der Waals surface area contributed by atoms with Gasteiger partial charge in [0, 0.05) is 12.1 Å². The summed E-state index contributed by atoms with van der Waals surface area (Å²) in [6.07, 6.45) is 0. The van der Waals surface area contributed by atoms with Crippen LogP contribution < -0.4 is 19.5 Å². The fourth-order valence-electron chi connectivity index (χ4n) is 2.97. The molecule has 8 nitrogen and oxygen atoms in total. The van der Waals surface area contributed by atoms with E-state index in [0.717, 1.165) is 11.1 Å². The Kier molecular flexibility index (Phi) is 7.05. The van der Waals surface area contributed by atoms with Gasteiger partial charge in [-0.05, 0) is 47.5 Å². The number of carbonyl (C=O) groups is 1. The summed E-state index contributed by atoms with van der Waals surface area (Å²) in [5.74, 6) is 1.45. The third-order valence-electron chi connectivity index (χ3n) is 4.62. The lowest BCUT2D eigenvalue weighted by Crippen LogP contribution is -2.33. The van der Waals surface area contributed by atoms with Gasteiger partial charge < -0.3 is 19.5 Å². The van der Waals surface area contributed by atoms with Crippen LogP contribution in [0.25, 0.3) is 0 Å². The Morgan fingerprint density at radius 1 is 0.839 bits per heavy atom. The minimum absolute atomic E-state index is 0.0455. The van der Waals surface area contributed by atoms with Gasteiger partial charge in [-0.25, -0.2) is 0 Å². The first kappa shape index (κ1) is 21.6. The standard InChI is InChI=1S/C23H22N2O6/c1-29-19-9-3-16(4-10-19)23(17-5-11-20(30-2)12-6-17)24-22(26)15-31-21-13-7-18(8-14-21)25(27)28/h3-14,23H,15H2,1-2H3,(H,24,26). The summed E-state index contributed by atoms with van der Waals surface area (Å²) in [5, 5.41) is 13.7. The molecule has 3 aromatic rings. The van der Waals surface area contributed by atoms with Crippen molar-refractivity contribution in [2.45, 2.75) is 6.04 Å². The molecule has 0 spiro atoms. The van der Waals surface area contributed by atoms with E-state index in [4.69, 9.17) is 14.2 Å². The average molecular weight is 422 g/mol. The Morgan fingerprint density at radius 2 is 1.29 bits per heavy atom. The number of amides is 1. The Bertz CT molecular complexity index is 970. The van der Waals surface area contributed by atoms with Crippen molar-refractivity contribution in [2.75, 3.05) is 20.8 Å². The summed E-state index contributed by atoms with van der Waals surface area (Å²) in [5.41, 5.74) is 1.69. The smallest absolute Gasteiger partial charge is 0.269 e. The van der Waals surface area contributed by atoms with E-state index in [2.05, 4.69) is 5.32 Å². The number of nitro groups is 1. The second-order valence-corrected chi connectivity index (χ2v) is 6.59. The van der Waals surface area contributed by atoms with Crippen LogP contribution >= 0.6 is 0 Å². The van der Waals surface area contributed by atoms with Gasteiger partial charge in [0.05, 0.1) is 25.2 Å². The summed E-state index contributed by atoms with van der Waals surface area (Å²) in [4.78, 5) is 22.8. The molecule has 0 unspecified atom stereocenters. The maximum Gasteiger partial charge on any atom is 0.269 e. The minimum atomic E-state index is -0.495. The minimum Gasteiger partial charge on any atom is -0.497 e. The van der Waals surface area contributed by atoms with Crippen LogP contribution in [0.1, 0.15) is 17.2 Å². The molecule has 3 rings (SSSR count). The number of hydrogen-bond acceptors (Lipinski definition) is 6. The van der Waals surface area contributed by atoms with E-state index in [-0.39, 0.29) is 18.2 Å². The van der Waals surface area contributed by atoms with Crippen LogP contribution in [0.4, 0.5) is 5.69 Å². The maximum atomic E-state index is 12.6. The van der Waals surface area contributed by atoms with Crippen molar-refractivity contribution in [3.8, 4) is 17.2 Å². The van der Waals surface area contributed by atoms with Crippen LogP contribution in [-0.4, -0.2) is 31.7 Å². The van der Waals surface area contributed by atoms with E-state index in [0.29, 0.717) is 17.2 Å². The number of carbonyl (C=O) groups excluding carboxylic acids is 1. The third kappa shape index (κ3) is 5.72. The van der Waals surface area contributed by atoms with Gasteiger partial charge in [0.25, 0.3) is 11.6 Å². The molecule has 0 saturated heterocycles. The fraction of sp³-hybridized carbons (Fsp3) is 0.174. The summed E-state index contributed by atoms with van der Waals surface area (Å²) >= 11 is 0. The van der Waals surface area contributed by atoms with Crippen LogP contribution in [0.5, 0.6) is 17.2 Å². The molecule has 1 N–H and O–H groups in total. The zero-order valence-electron chi connectivity index (χ0n) is 17.1. The summed E-state index contributed by atoms with van der Waals surface area (Å²) in [6, 6.07) is 20.0. The number of rotatable bonds is 9. The number of benzene rings is 3. The van der Waals surface area contributed by atoms with Crippen molar-refractivity contribution >= 4 is 11.6 Å². The van der Waals surface area contributed by atoms with Crippen molar-refractivity contribution in [1.82, 2.24) is 5.32 Å². The van der Waals surface area contributed by atoms with Gasteiger partial charge in [-0.15, -0.1) is 0 Å². The first-order valence-electron chi connectivity index (χ1n) is 9.44. The fourth-order valence-corrected chi connectivity index (χ4v) is 2.97. The van der Waals surface area contributed by atoms with Crippen molar-refractivity contribution < 1.29 is 23.9 Å². The van der Waals surface area contributed by atoms with E-state index in [1.54, 1.807) is 14.2 Å². The Labute approximate surface area is 179 Å². The molecular formula is C23H22N2O6. The van der Waals surface area contributed by atoms with E-state index < -0.39 is 11.0 Å². The number of non-ortho nitro benzene ring substituents is 1. The molecule has 0 saturated carbocycles. The van der Waals surface area contributed by atoms with Crippen LogP contribution in [0.15, 0.2) is 72.8 Å². The van der Waals surface area contributed by atoms with Crippen LogP contribution in [0.3, 0.4) is 0 Å². The lowest BCUT2D eigenvalue weighted by Gasteiger charge is -2.20. The molecule has 0 fully saturated rings. The molecule has 0 aromatic heterocycles. The number of nitro benzene ring substituents is 1. The van der Waals surface area contributed by atoms with Crippen molar-refractivity contribution in [3.05, 3.63) is 94.0 Å². The predicted octanol–water partition coefficient (Wildman–Crippen LogP) is 3.90. The number of hydrogen-bond donors (Lipinski definition) is 1. The largest absolute Gasteiger partial charge is 0.497 e. The van der Waals surface area contributed by atoms with Crippen molar-refractivity contribution in [3.63, 3.8) is 0 Å². The molecule has 0 aliphatic rings. The molecule has 0 aliphatic carbocycles. The topological polar surface area (TPSA) is 99.9 Å². The second kappa shape index (κ2) is 10.1. The van der Waals surface area contributed by atoms with E-state index in [1.807, 2.05) is 48.5 Å². The number of nitrogens with one attached hydrogen (secondary N) is 1. The van der Waals surface area contributed by atoms with Gasteiger partial charge in [-0.3, -0.25) is 14.9 Å². The quantitative estimate of drug-likeness (QED) is 0.415. The SMILES string of the molecule is COc1ccc(C(NC(=O)COc2ccc([N+](=O)[O-])cc2)c2ccc(OC)cc2)cc1. The normalized spacial score (nSPS) is 10.4. The van der Waals surface area contributed by atoms with Gasteiger partial charge in [0.1, 0.15) is 17.2 Å². The Hall–Kier alpha value is -4.07. The predicted molar refractivity (Wildman–Crippen MR) is 115 cm³/mol. The Balaban J connectivity index is 1.73. The molecule has 0 heterocycles. The van der Waals surface area contributed by atoms with Gasteiger partial charge in [-0.2, -0.15) is 0 Å². The lowest BCUT2D eigenvalue weighted by atomic mass is 9.98. The number of methoxy groups -OCH3 is 2. The van der Waals surface area contributed by atoms with Gasteiger partial charge in [0.2, 0.25) is 0 Å². The molecular weight excluding hydrogens is 400 g/mol. The molecule has 0 radical (unpaired) electrons. The van der Waals surface area contributed by atoms with E-state index in [1.165, 1.54) is 24.3 Å². The average Bonchev–Trinajstić information content (AvgIpc) is 2.81. The zero-order chi connectivity index (χ0) is 22.2. The van der Waals surface area contributed by atoms with E-state index in [9.17, 15) is 14.9 Å².